The second kappa shape index (κ2) is 7.35. The molecule has 25 heavy (non-hydrogen) atoms. The Morgan fingerprint density at radius 3 is 2.96 bits per heavy atom. The minimum absolute atomic E-state index is 0.428. The predicted molar refractivity (Wildman–Crippen MR) is 106 cm³/mol. The van der Waals surface area contributed by atoms with Gasteiger partial charge in [0.05, 0.1) is 11.4 Å². The Hall–Kier alpha value is -1.57. The van der Waals surface area contributed by atoms with Crippen LogP contribution in [0.3, 0.4) is 0 Å². The third kappa shape index (κ3) is 3.41. The summed E-state index contributed by atoms with van der Waals surface area (Å²) >= 11 is 2.05. The van der Waals surface area contributed by atoms with Gasteiger partial charge in [0.2, 0.25) is 0 Å². The van der Waals surface area contributed by atoms with E-state index in [1.807, 2.05) is 12.3 Å². The number of nitrogens with one attached hydrogen (secondary N) is 1. The standard InChI is InChI=1S/C18H26N6S/c1-20-16(17-15-6-7-21-18(15)22-11-24(17)19)14-4-2-13(3-5-14)10-23-8-9-25-12-23/h6-7,11,13-14,21H,1-5,8-10,12,19H2/b17-16-/t13-,14-. The van der Waals surface area contributed by atoms with Crippen molar-refractivity contribution in [3.8, 4) is 0 Å². The maximum absolute atomic E-state index is 6.19. The number of hydrogen-bond donors (Lipinski definition) is 2. The van der Waals surface area contributed by atoms with Crippen LogP contribution in [0.4, 0.5) is 5.82 Å². The first kappa shape index (κ1) is 16.9. The highest BCUT2D eigenvalue weighted by molar-refractivity contribution is 7.99. The lowest BCUT2D eigenvalue weighted by atomic mass is 9.79. The molecule has 0 spiro atoms. The molecule has 2 fully saturated rings. The zero-order valence-corrected chi connectivity index (χ0v) is 15.3. The molecular formula is C18H26N6S. The van der Waals surface area contributed by atoms with Crippen molar-refractivity contribution in [2.45, 2.75) is 25.7 Å². The Kier molecular flexibility index (Phi) is 4.96. The fraction of sp³-hybridized carbons (Fsp3) is 0.556. The highest BCUT2D eigenvalue weighted by Gasteiger charge is 2.30. The number of aliphatic imine (C=N–C) groups is 2. The molecule has 3 aliphatic rings. The van der Waals surface area contributed by atoms with Crippen molar-refractivity contribution in [1.82, 2.24) is 14.9 Å². The van der Waals surface area contributed by atoms with Gasteiger partial charge in [-0.3, -0.25) is 14.9 Å². The summed E-state index contributed by atoms with van der Waals surface area (Å²) in [5, 5.41) is 1.59. The topological polar surface area (TPSA) is 73.0 Å². The van der Waals surface area contributed by atoms with Gasteiger partial charge in [0, 0.05) is 42.4 Å². The van der Waals surface area contributed by atoms with Crippen LogP contribution >= 0.6 is 11.8 Å². The molecule has 1 aromatic rings. The van der Waals surface area contributed by atoms with Gasteiger partial charge >= 0.3 is 0 Å². The first-order chi connectivity index (χ1) is 12.3. The largest absolute Gasteiger partial charge is 0.346 e. The Bertz CT molecular complexity index is 679. The van der Waals surface area contributed by atoms with E-state index in [0.717, 1.165) is 41.5 Å². The van der Waals surface area contributed by atoms with Crippen LogP contribution in [0.2, 0.25) is 0 Å². The molecule has 1 aromatic heterocycles. The van der Waals surface area contributed by atoms with Gasteiger partial charge in [0.1, 0.15) is 12.2 Å². The van der Waals surface area contributed by atoms with E-state index < -0.39 is 0 Å². The summed E-state index contributed by atoms with van der Waals surface area (Å²) in [6.45, 7) is 6.36. The summed E-state index contributed by atoms with van der Waals surface area (Å²) in [7, 11) is 0. The van der Waals surface area contributed by atoms with E-state index in [2.05, 4.69) is 38.3 Å². The van der Waals surface area contributed by atoms with Crippen LogP contribution in [0.1, 0.15) is 31.2 Å². The molecule has 7 heteroatoms. The average Bonchev–Trinajstić information content (AvgIpc) is 3.30. The number of H-pyrrole nitrogens is 1. The number of rotatable bonds is 4. The summed E-state index contributed by atoms with van der Waals surface area (Å²) in [6.07, 6.45) is 8.39. The molecule has 1 aliphatic carbocycles. The summed E-state index contributed by atoms with van der Waals surface area (Å²) < 4.78 is 0. The second-order valence-electron chi connectivity index (χ2n) is 7.12. The van der Waals surface area contributed by atoms with Gasteiger partial charge in [-0.1, -0.05) is 0 Å². The molecule has 0 amide bonds. The number of hydrogen-bond acceptors (Lipinski definition) is 6. The first-order valence-corrected chi connectivity index (χ1v) is 10.2. The van der Waals surface area contributed by atoms with E-state index in [1.165, 1.54) is 37.6 Å². The zero-order chi connectivity index (χ0) is 17.2. The van der Waals surface area contributed by atoms with Gasteiger partial charge in [-0.05, 0) is 44.4 Å². The number of allylic oxidation sites excluding steroid dienone is 1. The van der Waals surface area contributed by atoms with E-state index in [9.17, 15) is 0 Å². The number of hydrazine groups is 1. The average molecular weight is 359 g/mol. The lowest BCUT2D eigenvalue weighted by molar-refractivity contribution is 0.220. The van der Waals surface area contributed by atoms with Crippen molar-refractivity contribution in [3.63, 3.8) is 0 Å². The maximum atomic E-state index is 6.19. The third-order valence-electron chi connectivity index (χ3n) is 5.54. The predicted octanol–water partition coefficient (Wildman–Crippen LogP) is 3.05. The highest BCUT2D eigenvalue weighted by atomic mass is 32.2. The van der Waals surface area contributed by atoms with Crippen molar-refractivity contribution in [2.24, 2.45) is 27.7 Å². The van der Waals surface area contributed by atoms with Crippen LogP contribution in [0.25, 0.3) is 5.70 Å². The van der Waals surface area contributed by atoms with E-state index in [1.54, 1.807) is 11.3 Å². The molecule has 1 saturated heterocycles. The molecule has 2 aliphatic heterocycles. The molecule has 3 heterocycles. The number of thioether (sulfide) groups is 1. The van der Waals surface area contributed by atoms with E-state index >= 15 is 0 Å². The van der Waals surface area contributed by atoms with Crippen LogP contribution in [0.15, 0.2) is 27.9 Å². The van der Waals surface area contributed by atoms with Gasteiger partial charge in [0.25, 0.3) is 0 Å². The first-order valence-electron chi connectivity index (χ1n) is 9.03. The fourth-order valence-electron chi connectivity index (χ4n) is 4.22. The Labute approximate surface area is 153 Å². The molecule has 0 radical (unpaired) electrons. The van der Waals surface area contributed by atoms with Crippen molar-refractivity contribution >= 4 is 36.3 Å². The van der Waals surface area contributed by atoms with Gasteiger partial charge in [-0.15, -0.1) is 11.8 Å². The molecule has 0 bridgehead atoms. The molecule has 0 unspecified atom stereocenters. The monoisotopic (exact) mass is 358 g/mol. The lowest BCUT2D eigenvalue weighted by Gasteiger charge is -2.33. The summed E-state index contributed by atoms with van der Waals surface area (Å²) in [6, 6.07) is 2.02. The maximum Gasteiger partial charge on any atom is 0.141 e. The zero-order valence-electron chi connectivity index (χ0n) is 14.5. The smallest absolute Gasteiger partial charge is 0.141 e. The summed E-state index contributed by atoms with van der Waals surface area (Å²) in [4.78, 5) is 14.5. The number of fused-ring (bicyclic) bond motifs is 1. The lowest BCUT2D eigenvalue weighted by Crippen LogP contribution is -2.32. The fourth-order valence-corrected chi connectivity index (χ4v) is 5.23. The number of nitrogens with zero attached hydrogens (tertiary/aromatic N) is 4. The molecule has 1 saturated carbocycles. The Morgan fingerprint density at radius 1 is 1.40 bits per heavy atom. The van der Waals surface area contributed by atoms with Crippen molar-refractivity contribution in [1.29, 1.82) is 0 Å². The molecule has 4 rings (SSSR count). The van der Waals surface area contributed by atoms with E-state index in [4.69, 9.17) is 5.84 Å². The van der Waals surface area contributed by atoms with Crippen LogP contribution in [0.5, 0.6) is 0 Å². The molecule has 6 nitrogen and oxygen atoms in total. The summed E-state index contributed by atoms with van der Waals surface area (Å²) in [5.41, 5.74) is 2.98. The van der Waals surface area contributed by atoms with E-state index in [0.29, 0.717) is 5.92 Å². The van der Waals surface area contributed by atoms with Crippen LogP contribution in [-0.4, -0.2) is 52.7 Å². The number of aromatic nitrogens is 1. The summed E-state index contributed by atoms with van der Waals surface area (Å²) in [5.74, 6) is 10.8. The van der Waals surface area contributed by atoms with Crippen LogP contribution in [0, 0.1) is 11.8 Å². The van der Waals surface area contributed by atoms with Gasteiger partial charge in [-0.25, -0.2) is 10.8 Å². The number of aromatic amines is 1. The highest BCUT2D eigenvalue weighted by Crippen LogP contribution is 2.40. The second-order valence-corrected chi connectivity index (χ2v) is 8.19. The molecule has 3 N–H and O–H groups in total. The number of nitrogens with two attached hydrogens (primary N) is 1. The molecule has 0 aromatic carbocycles. The quantitative estimate of drug-likeness (QED) is 0.641. The van der Waals surface area contributed by atoms with Crippen LogP contribution in [-0.2, 0) is 0 Å². The van der Waals surface area contributed by atoms with Crippen LogP contribution < -0.4 is 5.84 Å². The third-order valence-corrected chi connectivity index (χ3v) is 6.56. The Balaban J connectivity index is 1.49. The van der Waals surface area contributed by atoms with Gasteiger partial charge in [-0.2, -0.15) is 0 Å². The molecule has 134 valence electrons. The SMILES string of the molecule is C=N/C(=C1/c2cc[nH]c2N=CN1N)[C@H]1CC[C@H](CN2CCSC2)CC1. The van der Waals surface area contributed by atoms with E-state index in [-0.39, 0.29) is 0 Å². The normalized spacial score (nSPS) is 28.9. The van der Waals surface area contributed by atoms with Crippen molar-refractivity contribution < 1.29 is 0 Å². The minimum atomic E-state index is 0.428. The molecule has 0 atom stereocenters. The minimum Gasteiger partial charge on any atom is -0.346 e. The molecular weight excluding hydrogens is 332 g/mol. The Morgan fingerprint density at radius 2 is 2.24 bits per heavy atom. The van der Waals surface area contributed by atoms with Crippen molar-refractivity contribution in [3.05, 3.63) is 23.5 Å². The van der Waals surface area contributed by atoms with Gasteiger partial charge in [0.15, 0.2) is 0 Å². The van der Waals surface area contributed by atoms with Crippen molar-refractivity contribution in [2.75, 3.05) is 24.7 Å². The van der Waals surface area contributed by atoms with Gasteiger partial charge < -0.3 is 4.98 Å².